The topological polar surface area (TPSA) is 46.6 Å². The van der Waals surface area contributed by atoms with Crippen LogP contribution in [-0.4, -0.2) is 35.3 Å². The minimum absolute atomic E-state index is 0.149. The molecule has 17 heavy (non-hydrogen) atoms. The van der Waals surface area contributed by atoms with Crippen molar-refractivity contribution in [1.29, 1.82) is 0 Å². The van der Waals surface area contributed by atoms with Crippen LogP contribution in [-0.2, 0) is 9.53 Å². The van der Waals surface area contributed by atoms with Crippen LogP contribution in [0.2, 0.25) is 0 Å². The number of imide groups is 1. The third-order valence-corrected chi connectivity index (χ3v) is 4.51. The lowest BCUT2D eigenvalue weighted by Gasteiger charge is -2.14. The van der Waals surface area contributed by atoms with Gasteiger partial charge in [-0.1, -0.05) is 13.0 Å². The Hall–Kier alpha value is -1.01. The van der Waals surface area contributed by atoms with Crippen molar-refractivity contribution in [3.63, 3.8) is 0 Å². The lowest BCUT2D eigenvalue weighted by molar-refractivity contribution is -0.127. The van der Waals surface area contributed by atoms with Crippen LogP contribution in [0.25, 0.3) is 0 Å². The highest BCUT2D eigenvalue weighted by molar-refractivity contribution is 8.01. The number of rotatable bonds is 4. The molecule has 0 aliphatic carbocycles. The SMILES string of the molecule is C[C@@H](CC(=O)N1CCOC1=O)Sc1cccs1. The second-order valence-electron chi connectivity index (χ2n) is 3.72. The Morgan fingerprint density at radius 1 is 1.71 bits per heavy atom. The van der Waals surface area contributed by atoms with Crippen LogP contribution in [0.3, 0.4) is 0 Å². The summed E-state index contributed by atoms with van der Waals surface area (Å²) in [4.78, 5) is 24.2. The van der Waals surface area contributed by atoms with Crippen LogP contribution in [0, 0.1) is 0 Å². The van der Waals surface area contributed by atoms with Crippen LogP contribution in [0.15, 0.2) is 21.7 Å². The van der Waals surface area contributed by atoms with Gasteiger partial charge in [0.15, 0.2) is 0 Å². The third kappa shape index (κ3) is 3.23. The maximum atomic E-state index is 11.8. The van der Waals surface area contributed by atoms with Crippen molar-refractivity contribution in [3.05, 3.63) is 17.5 Å². The smallest absolute Gasteiger partial charge is 0.416 e. The average molecular weight is 271 g/mol. The van der Waals surface area contributed by atoms with E-state index in [1.54, 1.807) is 23.1 Å². The zero-order valence-electron chi connectivity index (χ0n) is 9.42. The molecule has 0 spiro atoms. The molecule has 1 aliphatic rings. The lowest BCUT2D eigenvalue weighted by Crippen LogP contribution is -2.33. The maximum absolute atomic E-state index is 11.8. The number of thioether (sulfide) groups is 1. The maximum Gasteiger partial charge on any atom is 0.416 e. The fourth-order valence-corrected chi connectivity index (χ4v) is 3.66. The Labute approximate surface area is 108 Å². The zero-order valence-corrected chi connectivity index (χ0v) is 11.1. The van der Waals surface area contributed by atoms with Gasteiger partial charge in [-0.2, -0.15) is 0 Å². The number of thiophene rings is 1. The second kappa shape index (κ2) is 5.55. The predicted molar refractivity (Wildman–Crippen MR) is 67.3 cm³/mol. The van der Waals surface area contributed by atoms with Gasteiger partial charge in [-0.25, -0.2) is 9.69 Å². The van der Waals surface area contributed by atoms with Crippen LogP contribution < -0.4 is 0 Å². The minimum Gasteiger partial charge on any atom is -0.447 e. The number of carbonyl (C=O) groups is 2. The Morgan fingerprint density at radius 3 is 3.12 bits per heavy atom. The molecule has 0 N–H and O–H groups in total. The molecule has 1 aromatic rings. The van der Waals surface area contributed by atoms with Crippen LogP contribution in [0.5, 0.6) is 0 Å². The summed E-state index contributed by atoms with van der Waals surface area (Å²) in [5, 5.41) is 2.17. The first kappa shape index (κ1) is 12.4. The van der Waals surface area contributed by atoms with Gasteiger partial charge in [-0.3, -0.25) is 4.79 Å². The van der Waals surface area contributed by atoms with Gasteiger partial charge >= 0.3 is 6.09 Å². The first-order valence-corrected chi connectivity index (χ1v) is 7.10. The number of nitrogens with zero attached hydrogens (tertiary/aromatic N) is 1. The summed E-state index contributed by atoms with van der Waals surface area (Å²) in [5.74, 6) is -0.149. The van der Waals surface area contributed by atoms with E-state index >= 15 is 0 Å². The first-order chi connectivity index (χ1) is 8.16. The molecule has 0 unspecified atom stereocenters. The van der Waals surface area contributed by atoms with Crippen molar-refractivity contribution in [2.45, 2.75) is 22.8 Å². The van der Waals surface area contributed by atoms with Crippen molar-refractivity contribution in [1.82, 2.24) is 4.90 Å². The Bertz CT molecular complexity index is 405. The number of amides is 2. The Kier molecular flexibility index (Phi) is 4.06. The standard InChI is InChI=1S/C11H13NO3S2/c1-8(17-10-3-2-6-16-10)7-9(13)12-4-5-15-11(12)14/h2-3,6,8H,4-5,7H2,1H3/t8-/m0/s1. The highest BCUT2D eigenvalue weighted by Crippen LogP contribution is 2.29. The summed E-state index contributed by atoms with van der Waals surface area (Å²) in [6.07, 6.45) is -0.152. The van der Waals surface area contributed by atoms with E-state index < -0.39 is 6.09 Å². The van der Waals surface area contributed by atoms with E-state index in [4.69, 9.17) is 4.74 Å². The number of cyclic esters (lactones) is 1. The molecule has 2 heterocycles. The molecule has 92 valence electrons. The molecule has 0 bridgehead atoms. The molecule has 6 heteroatoms. The van der Waals surface area contributed by atoms with E-state index in [2.05, 4.69) is 0 Å². The summed E-state index contributed by atoms with van der Waals surface area (Å²) in [6, 6.07) is 4.01. The normalized spacial score (nSPS) is 17.0. The minimum atomic E-state index is -0.511. The van der Waals surface area contributed by atoms with Gasteiger partial charge in [0.1, 0.15) is 6.61 Å². The van der Waals surface area contributed by atoms with E-state index in [0.717, 1.165) is 0 Å². The molecule has 0 aromatic carbocycles. The lowest BCUT2D eigenvalue weighted by atomic mass is 10.3. The van der Waals surface area contributed by atoms with Crippen molar-refractivity contribution in [2.75, 3.05) is 13.2 Å². The summed E-state index contributed by atoms with van der Waals surface area (Å²) >= 11 is 3.32. The molecule has 2 amide bonds. The van der Waals surface area contributed by atoms with Crippen LogP contribution in [0.4, 0.5) is 4.79 Å². The van der Waals surface area contributed by atoms with E-state index in [9.17, 15) is 9.59 Å². The molecular formula is C11H13NO3S2. The average Bonchev–Trinajstić information content (AvgIpc) is 2.88. The molecule has 1 aliphatic heterocycles. The molecule has 1 saturated heterocycles. The number of hydrogen-bond donors (Lipinski definition) is 0. The first-order valence-electron chi connectivity index (χ1n) is 5.34. The van der Waals surface area contributed by atoms with Crippen LogP contribution in [0.1, 0.15) is 13.3 Å². The van der Waals surface area contributed by atoms with Crippen molar-refractivity contribution >= 4 is 35.1 Å². The Morgan fingerprint density at radius 2 is 2.53 bits per heavy atom. The van der Waals surface area contributed by atoms with Crippen LogP contribution >= 0.6 is 23.1 Å². The van der Waals surface area contributed by atoms with Gasteiger partial charge in [-0.05, 0) is 11.4 Å². The van der Waals surface area contributed by atoms with Gasteiger partial charge in [0.25, 0.3) is 0 Å². The molecule has 4 nitrogen and oxygen atoms in total. The molecule has 1 atom stereocenters. The van der Waals surface area contributed by atoms with Gasteiger partial charge in [-0.15, -0.1) is 23.1 Å². The monoisotopic (exact) mass is 271 g/mol. The summed E-state index contributed by atoms with van der Waals surface area (Å²) in [5.41, 5.74) is 0. The van der Waals surface area contributed by atoms with Gasteiger partial charge in [0.2, 0.25) is 5.91 Å². The Balaban J connectivity index is 1.84. The quantitative estimate of drug-likeness (QED) is 0.790. The fourth-order valence-electron chi connectivity index (χ4n) is 1.55. The predicted octanol–water partition coefficient (Wildman–Crippen LogP) is 2.60. The second-order valence-corrected chi connectivity index (χ2v) is 6.41. The summed E-state index contributed by atoms with van der Waals surface area (Å²) in [7, 11) is 0. The molecule has 2 rings (SSSR count). The zero-order chi connectivity index (χ0) is 12.3. The number of ether oxygens (including phenoxy) is 1. The van der Waals surface area contributed by atoms with E-state index in [1.165, 1.54) is 9.11 Å². The van der Waals surface area contributed by atoms with Gasteiger partial charge in [0.05, 0.1) is 10.8 Å². The molecule has 0 radical (unpaired) electrons. The molecular weight excluding hydrogens is 258 g/mol. The van der Waals surface area contributed by atoms with E-state index in [-0.39, 0.29) is 11.2 Å². The molecule has 1 fully saturated rings. The molecule has 1 aromatic heterocycles. The van der Waals surface area contributed by atoms with Crippen molar-refractivity contribution in [2.24, 2.45) is 0 Å². The van der Waals surface area contributed by atoms with Crippen molar-refractivity contribution < 1.29 is 14.3 Å². The highest BCUT2D eigenvalue weighted by Gasteiger charge is 2.29. The van der Waals surface area contributed by atoms with E-state index in [1.807, 2.05) is 24.4 Å². The highest BCUT2D eigenvalue weighted by atomic mass is 32.2. The number of hydrogen-bond acceptors (Lipinski definition) is 5. The summed E-state index contributed by atoms with van der Waals surface area (Å²) in [6.45, 7) is 2.69. The van der Waals surface area contributed by atoms with Gasteiger partial charge < -0.3 is 4.74 Å². The summed E-state index contributed by atoms with van der Waals surface area (Å²) < 4.78 is 5.92. The largest absolute Gasteiger partial charge is 0.447 e. The number of carbonyl (C=O) groups excluding carboxylic acids is 2. The third-order valence-electron chi connectivity index (χ3n) is 2.34. The van der Waals surface area contributed by atoms with Crippen molar-refractivity contribution in [3.8, 4) is 0 Å². The van der Waals surface area contributed by atoms with E-state index in [0.29, 0.717) is 19.6 Å². The fraction of sp³-hybridized carbons (Fsp3) is 0.455. The molecule has 0 saturated carbocycles. The van der Waals surface area contributed by atoms with Gasteiger partial charge in [0, 0.05) is 11.7 Å².